The van der Waals surface area contributed by atoms with E-state index in [-0.39, 0.29) is 11.3 Å². The number of hydrogen-bond acceptors (Lipinski definition) is 4. The fraction of sp³-hybridized carbons (Fsp3) is 0.111. The molecule has 1 aromatic carbocycles. The van der Waals surface area contributed by atoms with Crippen LogP contribution in [0.4, 0.5) is 14.5 Å². The maximum atomic E-state index is 12.0. The van der Waals surface area contributed by atoms with Gasteiger partial charge in [0.05, 0.1) is 11.3 Å². The maximum absolute atomic E-state index is 12.0. The minimum absolute atomic E-state index is 0.248. The van der Waals surface area contributed by atoms with Crippen LogP contribution in [0.1, 0.15) is 15.9 Å². The molecule has 5 nitrogen and oxygen atoms in total. The van der Waals surface area contributed by atoms with Gasteiger partial charge in [-0.25, -0.2) is 4.79 Å². The molecule has 1 rings (SSSR count). The lowest BCUT2D eigenvalue weighted by molar-refractivity contribution is -0.0504. The number of nitriles is 1. The first-order valence-corrected chi connectivity index (χ1v) is 3.98. The van der Waals surface area contributed by atoms with Crippen LogP contribution in [0.5, 0.6) is 5.75 Å². The second-order valence-electron chi connectivity index (χ2n) is 2.70. The van der Waals surface area contributed by atoms with Crippen molar-refractivity contribution >= 4 is 11.7 Å². The molecule has 0 radical (unpaired) electrons. The van der Waals surface area contributed by atoms with Gasteiger partial charge in [-0.3, -0.25) is 0 Å². The molecule has 16 heavy (non-hydrogen) atoms. The number of hydrogen-bond donors (Lipinski definition) is 2. The van der Waals surface area contributed by atoms with Crippen LogP contribution in [-0.4, -0.2) is 17.7 Å². The smallest absolute Gasteiger partial charge is 0.387 e. The fourth-order valence-electron chi connectivity index (χ4n) is 1.12. The van der Waals surface area contributed by atoms with Crippen LogP contribution in [0, 0.1) is 11.3 Å². The van der Waals surface area contributed by atoms with Gasteiger partial charge < -0.3 is 15.6 Å². The normalized spacial score (nSPS) is 9.88. The molecule has 0 aromatic heterocycles. The Morgan fingerprint density at radius 3 is 2.62 bits per heavy atom. The van der Waals surface area contributed by atoms with Gasteiger partial charge in [-0.05, 0) is 12.1 Å². The molecule has 0 aliphatic heterocycles. The van der Waals surface area contributed by atoms with E-state index in [0.717, 1.165) is 12.1 Å². The van der Waals surface area contributed by atoms with Crippen LogP contribution in [-0.2, 0) is 0 Å². The van der Waals surface area contributed by atoms with E-state index in [1.165, 1.54) is 0 Å². The highest BCUT2D eigenvalue weighted by atomic mass is 19.3. The zero-order valence-electron chi connectivity index (χ0n) is 7.78. The molecule has 0 saturated heterocycles. The average molecular weight is 228 g/mol. The summed E-state index contributed by atoms with van der Waals surface area (Å²) >= 11 is 0. The number of nitrogens with two attached hydrogens (primary N) is 1. The van der Waals surface area contributed by atoms with E-state index in [0.29, 0.717) is 0 Å². The molecular weight excluding hydrogens is 222 g/mol. The van der Waals surface area contributed by atoms with Gasteiger partial charge in [0.15, 0.2) is 5.75 Å². The molecule has 1 aromatic rings. The van der Waals surface area contributed by atoms with Crippen molar-refractivity contribution in [2.75, 3.05) is 5.73 Å². The first-order chi connectivity index (χ1) is 7.47. The third-order valence-corrected chi connectivity index (χ3v) is 1.73. The lowest BCUT2D eigenvalue weighted by Gasteiger charge is -2.11. The number of anilines is 1. The average Bonchev–Trinajstić information content (AvgIpc) is 2.16. The molecule has 84 valence electrons. The quantitative estimate of drug-likeness (QED) is 0.763. The molecular formula is C9H6F2N2O3. The molecule has 0 spiro atoms. The second-order valence-corrected chi connectivity index (χ2v) is 2.70. The van der Waals surface area contributed by atoms with Crippen molar-refractivity contribution in [2.24, 2.45) is 0 Å². The molecule has 7 heteroatoms. The number of carboxylic acid groups (broad SMARTS) is 1. The summed E-state index contributed by atoms with van der Waals surface area (Å²) in [6.45, 7) is -3.23. The fourth-order valence-corrected chi connectivity index (χ4v) is 1.12. The van der Waals surface area contributed by atoms with Gasteiger partial charge in [0.1, 0.15) is 11.6 Å². The van der Waals surface area contributed by atoms with Gasteiger partial charge in [0, 0.05) is 0 Å². The Labute approximate surface area is 88.7 Å². The summed E-state index contributed by atoms with van der Waals surface area (Å²) in [6.07, 6.45) is 0. The van der Waals surface area contributed by atoms with Crippen LogP contribution < -0.4 is 10.5 Å². The Morgan fingerprint density at radius 2 is 2.19 bits per heavy atom. The standard InChI is InChI=1S/C9H6F2N2O3/c10-9(11)16-7-4(3-12)1-2-5(13)6(7)8(14)15/h1-2,9H,13H2,(H,14,15). The number of benzene rings is 1. The number of aromatic carboxylic acids is 1. The van der Waals surface area contributed by atoms with E-state index in [9.17, 15) is 13.6 Å². The van der Waals surface area contributed by atoms with Gasteiger partial charge >= 0.3 is 12.6 Å². The third kappa shape index (κ3) is 2.17. The Bertz CT molecular complexity index is 469. The molecule has 3 N–H and O–H groups in total. The van der Waals surface area contributed by atoms with Crippen molar-refractivity contribution in [3.05, 3.63) is 23.3 Å². The Hall–Kier alpha value is -2.36. The number of ether oxygens (including phenoxy) is 1. The van der Waals surface area contributed by atoms with Gasteiger partial charge in [0.2, 0.25) is 0 Å². The van der Waals surface area contributed by atoms with Crippen LogP contribution in [0.3, 0.4) is 0 Å². The summed E-state index contributed by atoms with van der Waals surface area (Å²) in [5, 5.41) is 17.4. The van der Waals surface area contributed by atoms with Crippen LogP contribution in [0.2, 0.25) is 0 Å². The lowest BCUT2D eigenvalue weighted by Crippen LogP contribution is -2.11. The van der Waals surface area contributed by atoms with E-state index in [1.54, 1.807) is 6.07 Å². The van der Waals surface area contributed by atoms with Gasteiger partial charge in [-0.1, -0.05) is 0 Å². The van der Waals surface area contributed by atoms with Crippen LogP contribution in [0.15, 0.2) is 12.1 Å². The lowest BCUT2D eigenvalue weighted by atomic mass is 10.1. The van der Waals surface area contributed by atoms with Crippen molar-refractivity contribution < 1.29 is 23.4 Å². The molecule has 0 saturated carbocycles. The van der Waals surface area contributed by atoms with E-state index < -0.39 is 23.9 Å². The van der Waals surface area contributed by atoms with Gasteiger partial charge in [-0.2, -0.15) is 14.0 Å². The molecule has 0 amide bonds. The number of carboxylic acids is 1. The predicted molar refractivity (Wildman–Crippen MR) is 49.2 cm³/mol. The zero-order chi connectivity index (χ0) is 12.3. The summed E-state index contributed by atoms with van der Waals surface area (Å²) < 4.78 is 28.1. The van der Waals surface area contributed by atoms with Crippen molar-refractivity contribution in [3.8, 4) is 11.8 Å². The molecule has 0 heterocycles. The van der Waals surface area contributed by atoms with E-state index in [1.807, 2.05) is 0 Å². The summed E-state index contributed by atoms with van der Waals surface area (Å²) in [4.78, 5) is 10.8. The number of carbonyl (C=O) groups is 1. The molecule has 0 aliphatic carbocycles. The van der Waals surface area contributed by atoms with Crippen LogP contribution >= 0.6 is 0 Å². The summed E-state index contributed by atoms with van der Waals surface area (Å²) in [6, 6.07) is 3.80. The van der Waals surface area contributed by atoms with E-state index in [4.69, 9.17) is 16.1 Å². The molecule has 0 atom stereocenters. The topological polar surface area (TPSA) is 96.3 Å². The Kier molecular flexibility index (Phi) is 3.25. The second kappa shape index (κ2) is 4.44. The maximum Gasteiger partial charge on any atom is 0.387 e. The highest BCUT2D eigenvalue weighted by Gasteiger charge is 2.22. The first kappa shape index (κ1) is 11.7. The van der Waals surface area contributed by atoms with Crippen molar-refractivity contribution in [1.29, 1.82) is 5.26 Å². The molecule has 0 fully saturated rings. The van der Waals surface area contributed by atoms with Crippen molar-refractivity contribution in [2.45, 2.75) is 6.61 Å². The Balaban J connectivity index is 3.44. The monoisotopic (exact) mass is 228 g/mol. The summed E-state index contributed by atoms with van der Waals surface area (Å²) in [5.74, 6) is -2.25. The first-order valence-electron chi connectivity index (χ1n) is 3.98. The number of halogens is 2. The summed E-state index contributed by atoms with van der Waals surface area (Å²) in [5.41, 5.74) is 4.11. The number of alkyl halides is 2. The number of nitrogens with zero attached hydrogens (tertiary/aromatic N) is 1. The van der Waals surface area contributed by atoms with Crippen molar-refractivity contribution in [3.63, 3.8) is 0 Å². The van der Waals surface area contributed by atoms with E-state index in [2.05, 4.69) is 4.74 Å². The number of rotatable bonds is 3. The highest BCUT2D eigenvalue weighted by molar-refractivity contribution is 5.97. The van der Waals surface area contributed by atoms with E-state index >= 15 is 0 Å². The minimum Gasteiger partial charge on any atom is -0.477 e. The number of nitrogen functional groups attached to an aromatic ring is 1. The molecule has 0 aliphatic rings. The zero-order valence-corrected chi connectivity index (χ0v) is 7.78. The Morgan fingerprint density at radius 1 is 1.56 bits per heavy atom. The third-order valence-electron chi connectivity index (χ3n) is 1.73. The van der Waals surface area contributed by atoms with Crippen LogP contribution in [0.25, 0.3) is 0 Å². The van der Waals surface area contributed by atoms with Crippen molar-refractivity contribution in [1.82, 2.24) is 0 Å². The minimum atomic E-state index is -3.23. The predicted octanol–water partition coefficient (Wildman–Crippen LogP) is 1.44. The van der Waals surface area contributed by atoms with Gasteiger partial charge in [0.25, 0.3) is 0 Å². The molecule has 0 unspecified atom stereocenters. The SMILES string of the molecule is N#Cc1ccc(N)c(C(=O)O)c1OC(F)F. The highest BCUT2D eigenvalue weighted by Crippen LogP contribution is 2.30. The summed E-state index contributed by atoms with van der Waals surface area (Å²) in [7, 11) is 0. The molecule has 0 bridgehead atoms. The largest absolute Gasteiger partial charge is 0.477 e. The van der Waals surface area contributed by atoms with Gasteiger partial charge in [-0.15, -0.1) is 0 Å².